The fraction of sp³-hybridized carbons (Fsp3) is 0.0556. The van der Waals surface area contributed by atoms with Crippen molar-refractivity contribution < 1.29 is 22.3 Å². The van der Waals surface area contributed by atoms with Gasteiger partial charge in [-0.05, 0) is 30.3 Å². The predicted octanol–water partition coefficient (Wildman–Crippen LogP) is 3.40. The molecule has 3 aromatic rings. The van der Waals surface area contributed by atoms with Crippen molar-refractivity contribution in [3.05, 3.63) is 77.9 Å². The first kappa shape index (κ1) is 17.4. The Hall–Kier alpha value is -2.46. The second-order valence-corrected chi connectivity index (χ2v) is 7.16. The van der Waals surface area contributed by atoms with E-state index in [1.165, 1.54) is 19.2 Å². The molecule has 0 fully saturated rings. The van der Waals surface area contributed by atoms with Gasteiger partial charge in [0.15, 0.2) is 0 Å². The SMILES string of the molecule is COc1cccc(P(c2ccc(F)cc2F)c2ccc(F)cc2F)n1. The van der Waals surface area contributed by atoms with E-state index >= 15 is 0 Å². The van der Waals surface area contributed by atoms with Gasteiger partial charge in [-0.15, -0.1) is 0 Å². The van der Waals surface area contributed by atoms with Crippen LogP contribution in [0.25, 0.3) is 0 Å². The van der Waals surface area contributed by atoms with Crippen molar-refractivity contribution in [2.24, 2.45) is 0 Å². The molecule has 0 bridgehead atoms. The molecule has 0 atom stereocenters. The highest BCUT2D eigenvalue weighted by Gasteiger charge is 2.25. The Morgan fingerprint density at radius 3 is 1.84 bits per heavy atom. The molecule has 2 nitrogen and oxygen atoms in total. The summed E-state index contributed by atoms with van der Waals surface area (Å²) in [7, 11) is -0.387. The van der Waals surface area contributed by atoms with Crippen molar-refractivity contribution in [3.8, 4) is 5.88 Å². The maximum absolute atomic E-state index is 14.4. The summed E-state index contributed by atoms with van der Waals surface area (Å²) in [5.74, 6) is -2.85. The summed E-state index contributed by atoms with van der Waals surface area (Å²) in [6.07, 6.45) is 0. The molecule has 0 aliphatic rings. The van der Waals surface area contributed by atoms with Gasteiger partial charge in [0, 0.05) is 36.7 Å². The minimum Gasteiger partial charge on any atom is -0.481 e. The maximum Gasteiger partial charge on any atom is 0.213 e. The Balaban J connectivity index is 2.23. The minimum atomic E-state index is -1.81. The van der Waals surface area contributed by atoms with Crippen LogP contribution < -0.4 is 20.8 Å². The van der Waals surface area contributed by atoms with Crippen molar-refractivity contribution in [2.45, 2.75) is 0 Å². The van der Waals surface area contributed by atoms with Crippen LogP contribution in [0.1, 0.15) is 0 Å². The molecule has 0 saturated heterocycles. The summed E-state index contributed by atoms with van der Waals surface area (Å²) in [6, 6.07) is 11.0. The van der Waals surface area contributed by atoms with Gasteiger partial charge >= 0.3 is 0 Å². The summed E-state index contributed by atoms with van der Waals surface area (Å²) in [6.45, 7) is 0. The second-order valence-electron chi connectivity index (χ2n) is 5.07. The number of rotatable bonds is 4. The van der Waals surface area contributed by atoms with Crippen LogP contribution in [0.15, 0.2) is 54.6 Å². The fourth-order valence-electron chi connectivity index (χ4n) is 2.34. The smallest absolute Gasteiger partial charge is 0.213 e. The molecule has 3 rings (SSSR count). The Morgan fingerprint density at radius 2 is 1.36 bits per heavy atom. The summed E-state index contributed by atoms with van der Waals surface area (Å²) >= 11 is 0. The van der Waals surface area contributed by atoms with Crippen molar-refractivity contribution >= 4 is 24.0 Å². The fourth-order valence-corrected chi connectivity index (χ4v) is 4.53. The Kier molecular flexibility index (Phi) is 5.00. The molecule has 0 saturated carbocycles. The monoisotopic (exact) mass is 365 g/mol. The lowest BCUT2D eigenvalue weighted by atomic mass is 10.3. The third kappa shape index (κ3) is 3.64. The number of pyridine rings is 1. The van der Waals surface area contributed by atoms with Crippen molar-refractivity contribution in [2.75, 3.05) is 7.11 Å². The standard InChI is InChI=1S/C18H12F4NOP/c1-24-17-3-2-4-18(23-17)25(15-7-5-11(19)9-13(15)21)16-8-6-12(20)10-14(16)22/h2-10H,1H3. The molecule has 0 radical (unpaired) electrons. The van der Waals surface area contributed by atoms with E-state index in [1.54, 1.807) is 18.2 Å². The van der Waals surface area contributed by atoms with E-state index in [0.717, 1.165) is 24.3 Å². The molecular weight excluding hydrogens is 353 g/mol. The number of hydrogen-bond donors (Lipinski definition) is 0. The van der Waals surface area contributed by atoms with Gasteiger partial charge < -0.3 is 4.74 Å². The van der Waals surface area contributed by atoms with Crippen LogP contribution in [0, 0.1) is 23.3 Å². The molecule has 0 unspecified atom stereocenters. The van der Waals surface area contributed by atoms with Crippen LogP contribution in [0.2, 0.25) is 0 Å². The van der Waals surface area contributed by atoms with E-state index in [9.17, 15) is 17.6 Å². The average Bonchev–Trinajstić information content (AvgIpc) is 2.59. The average molecular weight is 365 g/mol. The topological polar surface area (TPSA) is 22.1 Å². The number of methoxy groups -OCH3 is 1. The number of aromatic nitrogens is 1. The van der Waals surface area contributed by atoms with Gasteiger partial charge in [-0.3, -0.25) is 0 Å². The lowest BCUT2D eigenvalue weighted by molar-refractivity contribution is 0.399. The molecule has 0 aliphatic heterocycles. The third-order valence-corrected chi connectivity index (χ3v) is 5.84. The van der Waals surface area contributed by atoms with Crippen LogP contribution in [-0.4, -0.2) is 12.1 Å². The summed E-state index contributed by atoms with van der Waals surface area (Å²) < 4.78 is 60.4. The van der Waals surface area contributed by atoms with E-state index in [0.29, 0.717) is 5.44 Å². The first-order valence-electron chi connectivity index (χ1n) is 7.21. The van der Waals surface area contributed by atoms with Crippen molar-refractivity contribution in [1.82, 2.24) is 4.98 Å². The van der Waals surface area contributed by atoms with Gasteiger partial charge in [0.2, 0.25) is 5.88 Å². The minimum absolute atomic E-state index is 0.0858. The summed E-state index contributed by atoms with van der Waals surface area (Å²) in [4.78, 5) is 4.26. The lowest BCUT2D eigenvalue weighted by Crippen LogP contribution is -2.27. The lowest BCUT2D eigenvalue weighted by Gasteiger charge is -2.20. The van der Waals surface area contributed by atoms with Gasteiger partial charge in [0.1, 0.15) is 23.3 Å². The Morgan fingerprint density at radius 1 is 0.800 bits per heavy atom. The van der Waals surface area contributed by atoms with Gasteiger partial charge in [-0.1, -0.05) is 6.07 Å². The van der Waals surface area contributed by atoms with Crippen LogP contribution >= 0.6 is 7.92 Å². The highest BCUT2D eigenvalue weighted by Crippen LogP contribution is 2.34. The molecule has 2 aromatic carbocycles. The van der Waals surface area contributed by atoms with Gasteiger partial charge in [0.25, 0.3) is 0 Å². The quantitative estimate of drug-likeness (QED) is 0.522. The molecule has 0 amide bonds. The number of hydrogen-bond acceptors (Lipinski definition) is 2. The number of ether oxygens (including phenoxy) is 1. The normalized spacial score (nSPS) is 11.0. The first-order valence-corrected chi connectivity index (χ1v) is 8.55. The maximum atomic E-state index is 14.4. The zero-order chi connectivity index (χ0) is 18.0. The molecule has 0 spiro atoms. The van der Waals surface area contributed by atoms with Crippen molar-refractivity contribution in [1.29, 1.82) is 0 Å². The van der Waals surface area contributed by atoms with E-state index < -0.39 is 31.2 Å². The van der Waals surface area contributed by atoms with E-state index in [-0.39, 0.29) is 16.5 Å². The van der Waals surface area contributed by atoms with Crippen LogP contribution in [0.4, 0.5) is 17.6 Å². The molecule has 7 heteroatoms. The second kappa shape index (κ2) is 7.19. The molecule has 25 heavy (non-hydrogen) atoms. The summed E-state index contributed by atoms with van der Waals surface area (Å²) in [5.41, 5.74) is 0.352. The largest absolute Gasteiger partial charge is 0.481 e. The van der Waals surface area contributed by atoms with Crippen LogP contribution in [-0.2, 0) is 0 Å². The number of benzene rings is 2. The molecule has 1 heterocycles. The Bertz CT molecular complexity index is 868. The van der Waals surface area contributed by atoms with Crippen molar-refractivity contribution in [3.63, 3.8) is 0 Å². The third-order valence-electron chi connectivity index (χ3n) is 3.45. The highest BCUT2D eigenvalue weighted by molar-refractivity contribution is 7.79. The highest BCUT2D eigenvalue weighted by atomic mass is 31.1. The number of halogens is 4. The summed E-state index contributed by atoms with van der Waals surface area (Å²) in [5, 5.41) is 0.172. The van der Waals surface area contributed by atoms with Gasteiger partial charge in [-0.25, -0.2) is 22.5 Å². The number of nitrogens with zero attached hydrogens (tertiary/aromatic N) is 1. The first-order chi connectivity index (χ1) is 12.0. The van der Waals surface area contributed by atoms with Crippen LogP contribution in [0.3, 0.4) is 0 Å². The Labute approximate surface area is 142 Å². The molecule has 0 N–H and O–H groups in total. The zero-order valence-electron chi connectivity index (χ0n) is 13.0. The predicted molar refractivity (Wildman–Crippen MR) is 89.3 cm³/mol. The van der Waals surface area contributed by atoms with Crippen LogP contribution in [0.5, 0.6) is 5.88 Å². The van der Waals surface area contributed by atoms with Gasteiger partial charge in [-0.2, -0.15) is 0 Å². The van der Waals surface area contributed by atoms with E-state index in [1.807, 2.05) is 0 Å². The molecule has 128 valence electrons. The van der Waals surface area contributed by atoms with Gasteiger partial charge in [0.05, 0.1) is 12.5 Å². The molecule has 0 aliphatic carbocycles. The molecular formula is C18H12F4NOP. The zero-order valence-corrected chi connectivity index (χ0v) is 13.9. The van der Waals surface area contributed by atoms with E-state index in [2.05, 4.69) is 4.98 Å². The van der Waals surface area contributed by atoms with E-state index in [4.69, 9.17) is 4.74 Å². The molecule has 1 aromatic heterocycles.